The molecular weight excluding hydrogens is 358 g/mol. The number of thiophene rings is 1. The zero-order valence-electron chi connectivity index (χ0n) is 14.7. The van der Waals surface area contributed by atoms with Gasteiger partial charge in [0, 0.05) is 24.7 Å². The quantitative estimate of drug-likeness (QED) is 0.804. The van der Waals surface area contributed by atoms with E-state index >= 15 is 0 Å². The van der Waals surface area contributed by atoms with Crippen LogP contribution in [0.3, 0.4) is 0 Å². The first-order valence-electron chi connectivity index (χ1n) is 7.85. The van der Waals surface area contributed by atoms with Crippen molar-refractivity contribution in [3.05, 3.63) is 46.7 Å². The van der Waals surface area contributed by atoms with E-state index in [1.807, 2.05) is 31.4 Å². The van der Waals surface area contributed by atoms with Gasteiger partial charge in [0.2, 0.25) is 10.0 Å². The largest absolute Gasteiger partial charge is 0.330 e. The van der Waals surface area contributed by atoms with E-state index in [0.717, 1.165) is 9.18 Å². The van der Waals surface area contributed by atoms with Crippen LogP contribution in [0.25, 0.3) is 0 Å². The average molecular weight is 382 g/mol. The molecule has 1 heterocycles. The highest BCUT2D eigenvalue weighted by atomic mass is 32.2. The molecule has 2 aromatic rings. The Morgan fingerprint density at radius 1 is 1.16 bits per heavy atom. The molecule has 1 unspecified atom stereocenters. The van der Waals surface area contributed by atoms with Crippen molar-refractivity contribution < 1.29 is 13.2 Å². The number of nitrogens with one attached hydrogen (secondary N) is 2. The summed E-state index contributed by atoms with van der Waals surface area (Å²) in [4.78, 5) is 13.6. The molecular formula is C17H23N3O3S2. The number of anilines is 1. The number of amides is 2. The van der Waals surface area contributed by atoms with E-state index in [1.165, 1.54) is 26.2 Å². The number of urea groups is 1. The van der Waals surface area contributed by atoms with Crippen LogP contribution in [-0.4, -0.2) is 32.8 Å². The maximum atomic E-state index is 12.3. The number of rotatable bonds is 6. The van der Waals surface area contributed by atoms with Crippen LogP contribution in [-0.2, 0) is 10.0 Å². The van der Waals surface area contributed by atoms with Gasteiger partial charge in [-0.1, -0.05) is 26.0 Å². The minimum Gasteiger partial charge on any atom is -0.330 e. The monoisotopic (exact) mass is 381 g/mol. The lowest BCUT2D eigenvalue weighted by atomic mass is 10.0. The molecule has 8 heteroatoms. The highest BCUT2D eigenvalue weighted by Crippen LogP contribution is 2.26. The summed E-state index contributed by atoms with van der Waals surface area (Å²) in [5.41, 5.74) is 0.425. The van der Waals surface area contributed by atoms with E-state index in [0.29, 0.717) is 5.69 Å². The zero-order valence-corrected chi connectivity index (χ0v) is 16.3. The van der Waals surface area contributed by atoms with Gasteiger partial charge in [0.05, 0.1) is 10.9 Å². The Kier molecular flexibility index (Phi) is 6.21. The molecule has 0 fully saturated rings. The fourth-order valence-electron chi connectivity index (χ4n) is 2.29. The molecule has 0 aliphatic rings. The number of sulfonamides is 1. The number of hydrogen-bond acceptors (Lipinski definition) is 4. The van der Waals surface area contributed by atoms with Crippen LogP contribution in [0.1, 0.15) is 24.8 Å². The van der Waals surface area contributed by atoms with Crippen LogP contribution in [0.5, 0.6) is 0 Å². The predicted octanol–water partition coefficient (Wildman–Crippen LogP) is 3.52. The van der Waals surface area contributed by atoms with Crippen LogP contribution >= 0.6 is 11.3 Å². The molecule has 0 aliphatic heterocycles. The van der Waals surface area contributed by atoms with Crippen molar-refractivity contribution in [2.24, 2.45) is 5.92 Å². The summed E-state index contributed by atoms with van der Waals surface area (Å²) in [6.45, 7) is 4.07. The van der Waals surface area contributed by atoms with Gasteiger partial charge in [-0.2, -0.15) is 0 Å². The first-order chi connectivity index (χ1) is 11.7. The third kappa shape index (κ3) is 4.81. The summed E-state index contributed by atoms with van der Waals surface area (Å²) in [5.74, 6) is 0.227. The highest BCUT2D eigenvalue weighted by Gasteiger charge is 2.20. The number of carbonyl (C=O) groups excluding carboxylic acids is 1. The molecule has 0 bridgehead atoms. The summed E-state index contributed by atoms with van der Waals surface area (Å²) in [6, 6.07) is 9.67. The van der Waals surface area contributed by atoms with Gasteiger partial charge in [0.1, 0.15) is 0 Å². The highest BCUT2D eigenvalue weighted by molar-refractivity contribution is 7.89. The lowest BCUT2D eigenvalue weighted by Gasteiger charge is -2.21. The average Bonchev–Trinajstić information content (AvgIpc) is 3.06. The molecule has 1 atom stereocenters. The molecule has 1 aromatic heterocycles. The van der Waals surface area contributed by atoms with Gasteiger partial charge >= 0.3 is 6.03 Å². The molecule has 0 saturated heterocycles. The number of benzene rings is 1. The van der Waals surface area contributed by atoms with E-state index in [2.05, 4.69) is 10.6 Å². The van der Waals surface area contributed by atoms with Crippen molar-refractivity contribution in [2.75, 3.05) is 19.4 Å². The fourth-order valence-corrected chi connectivity index (χ4v) is 4.19. The molecule has 1 aromatic carbocycles. The predicted molar refractivity (Wildman–Crippen MR) is 101 cm³/mol. The second kappa shape index (κ2) is 7.99. The van der Waals surface area contributed by atoms with Crippen LogP contribution in [0.2, 0.25) is 0 Å². The molecule has 0 saturated carbocycles. The van der Waals surface area contributed by atoms with E-state index in [9.17, 15) is 13.2 Å². The molecule has 6 nitrogen and oxygen atoms in total. The van der Waals surface area contributed by atoms with Gasteiger partial charge < -0.3 is 10.6 Å². The number of carbonyl (C=O) groups is 1. The van der Waals surface area contributed by atoms with Gasteiger partial charge in [-0.25, -0.2) is 17.5 Å². The topological polar surface area (TPSA) is 78.5 Å². The normalized spacial score (nSPS) is 13.0. The number of nitrogens with zero attached hydrogens (tertiary/aromatic N) is 1. The Bertz CT molecular complexity index is 815. The maximum Gasteiger partial charge on any atom is 0.319 e. The fraction of sp³-hybridized carbons (Fsp3) is 0.353. The van der Waals surface area contributed by atoms with Gasteiger partial charge in [-0.15, -0.1) is 11.3 Å². The van der Waals surface area contributed by atoms with E-state index < -0.39 is 10.0 Å². The molecule has 136 valence electrons. The SMILES string of the molecule is CC(C)C(NC(=O)Nc1cccc(S(=O)(=O)N(C)C)c1)c1cccs1. The summed E-state index contributed by atoms with van der Waals surface area (Å²) in [6.07, 6.45) is 0. The van der Waals surface area contributed by atoms with Crippen molar-refractivity contribution in [1.29, 1.82) is 0 Å². The molecule has 2 N–H and O–H groups in total. The Morgan fingerprint density at radius 2 is 1.88 bits per heavy atom. The van der Waals surface area contributed by atoms with Gasteiger partial charge in [-0.05, 0) is 35.6 Å². The van der Waals surface area contributed by atoms with Crippen molar-refractivity contribution in [3.8, 4) is 0 Å². The van der Waals surface area contributed by atoms with Crippen LogP contribution < -0.4 is 10.6 Å². The minimum absolute atomic E-state index is 0.103. The van der Waals surface area contributed by atoms with Crippen molar-refractivity contribution in [3.63, 3.8) is 0 Å². The first kappa shape index (κ1) is 19.4. The zero-order chi connectivity index (χ0) is 18.6. The Hall–Kier alpha value is -1.90. The van der Waals surface area contributed by atoms with Crippen LogP contribution in [0.4, 0.5) is 10.5 Å². The smallest absolute Gasteiger partial charge is 0.319 e. The van der Waals surface area contributed by atoms with E-state index in [4.69, 9.17) is 0 Å². The van der Waals surface area contributed by atoms with Crippen LogP contribution in [0, 0.1) is 5.92 Å². The maximum absolute atomic E-state index is 12.3. The minimum atomic E-state index is -3.54. The lowest BCUT2D eigenvalue weighted by molar-refractivity contribution is 0.245. The van der Waals surface area contributed by atoms with Gasteiger partial charge in [-0.3, -0.25) is 0 Å². The van der Waals surface area contributed by atoms with Crippen molar-refractivity contribution in [1.82, 2.24) is 9.62 Å². The molecule has 0 aliphatic carbocycles. The molecule has 0 spiro atoms. The summed E-state index contributed by atoms with van der Waals surface area (Å²) in [5, 5.41) is 7.63. The van der Waals surface area contributed by atoms with Crippen molar-refractivity contribution in [2.45, 2.75) is 24.8 Å². The second-order valence-corrected chi connectivity index (χ2v) is 9.28. The summed E-state index contributed by atoms with van der Waals surface area (Å²) >= 11 is 1.59. The van der Waals surface area contributed by atoms with Gasteiger partial charge in [0.25, 0.3) is 0 Å². The number of hydrogen-bond donors (Lipinski definition) is 2. The molecule has 2 amide bonds. The first-order valence-corrected chi connectivity index (χ1v) is 10.2. The Morgan fingerprint density at radius 3 is 2.44 bits per heavy atom. The van der Waals surface area contributed by atoms with Crippen LogP contribution in [0.15, 0.2) is 46.7 Å². The summed E-state index contributed by atoms with van der Waals surface area (Å²) in [7, 11) is -0.607. The lowest BCUT2D eigenvalue weighted by Crippen LogP contribution is -2.34. The Labute approximate surface area is 152 Å². The van der Waals surface area contributed by atoms with Gasteiger partial charge in [0.15, 0.2) is 0 Å². The second-order valence-electron chi connectivity index (χ2n) is 6.15. The third-order valence-corrected chi connectivity index (χ3v) is 6.44. The van der Waals surface area contributed by atoms with E-state index in [1.54, 1.807) is 23.5 Å². The van der Waals surface area contributed by atoms with E-state index in [-0.39, 0.29) is 22.9 Å². The third-order valence-electron chi connectivity index (χ3n) is 3.67. The van der Waals surface area contributed by atoms with Crippen molar-refractivity contribution >= 4 is 33.1 Å². The standard InChI is InChI=1S/C17H23N3O3S2/c1-12(2)16(15-9-6-10-24-15)19-17(21)18-13-7-5-8-14(11-13)25(22,23)20(3)4/h5-12,16H,1-4H3,(H2,18,19,21). The molecule has 2 rings (SSSR count). The Balaban J connectivity index is 2.13. The molecule has 25 heavy (non-hydrogen) atoms. The summed E-state index contributed by atoms with van der Waals surface area (Å²) < 4.78 is 25.5. The molecule has 0 radical (unpaired) electrons.